The summed E-state index contributed by atoms with van der Waals surface area (Å²) in [5.41, 5.74) is 19.0. The van der Waals surface area contributed by atoms with Gasteiger partial charge < -0.3 is 9.47 Å². The number of unbranched alkanes of at least 4 members (excludes halogenated alkanes) is 6. The molecule has 11 rings (SSSR count). The lowest BCUT2D eigenvalue weighted by atomic mass is 9.64. The van der Waals surface area contributed by atoms with Gasteiger partial charge in [0, 0.05) is 22.1 Å². The van der Waals surface area contributed by atoms with Crippen LogP contribution in [0.15, 0.2) is 170 Å². The molecule has 0 saturated heterocycles. The van der Waals surface area contributed by atoms with E-state index in [4.69, 9.17) is 6.57 Å². The van der Waals surface area contributed by atoms with Gasteiger partial charge in [-0.1, -0.05) is 156 Å². The zero-order valence-corrected chi connectivity index (χ0v) is 38.5. The number of hydrogen-bond donors (Lipinski definition) is 0. The molecule has 8 aromatic carbocycles. The normalized spacial score (nSPS) is 14.4. The molecule has 0 fully saturated rings. The highest BCUT2D eigenvalue weighted by Crippen LogP contribution is 2.64. The van der Waals surface area contributed by atoms with Crippen molar-refractivity contribution in [3.05, 3.63) is 220 Å². The van der Waals surface area contributed by atoms with Crippen molar-refractivity contribution >= 4 is 44.6 Å². The Morgan fingerprint density at radius 2 is 1.10 bits per heavy atom. The Labute approximate surface area is 395 Å². The number of aromatic nitrogens is 1. The van der Waals surface area contributed by atoms with Crippen LogP contribution in [-0.4, -0.2) is 4.57 Å². The first-order chi connectivity index (χ1) is 33.0. The SMILES string of the molecule is [C-]#[N+]c1ccc2c(c1)C1(c3cc(C#N)ccc3-2)c2ccccc2N(c2cc(CCCCCC)cc(CCCCCC)c2)c2ccc(-c3ccc(-n4c5ccccc5c5ccccc54)cc3)cc21. The third-order valence-electron chi connectivity index (χ3n) is 14.5. The predicted molar refractivity (Wildman–Crippen MR) is 278 cm³/mol. The van der Waals surface area contributed by atoms with Crippen molar-refractivity contribution in [3.63, 3.8) is 0 Å². The van der Waals surface area contributed by atoms with Crippen LogP contribution < -0.4 is 4.90 Å². The summed E-state index contributed by atoms with van der Waals surface area (Å²) in [4.78, 5) is 6.52. The number of para-hydroxylation sites is 3. The molecule has 326 valence electrons. The van der Waals surface area contributed by atoms with Crippen LogP contribution in [0.3, 0.4) is 0 Å². The number of hydrogen-bond acceptors (Lipinski definition) is 2. The first-order valence-corrected chi connectivity index (χ1v) is 24.4. The third kappa shape index (κ3) is 7.03. The van der Waals surface area contributed by atoms with Crippen LogP contribution in [-0.2, 0) is 18.3 Å². The molecule has 0 bridgehead atoms. The van der Waals surface area contributed by atoms with Crippen LogP contribution in [0.1, 0.15) is 104 Å². The molecule has 2 aliphatic rings. The average Bonchev–Trinajstić information content (AvgIpc) is 3.86. The average molecular weight is 867 g/mol. The van der Waals surface area contributed by atoms with Crippen LogP contribution in [0.2, 0.25) is 0 Å². The Morgan fingerprint density at radius 1 is 0.507 bits per heavy atom. The number of benzene rings is 8. The first kappa shape index (κ1) is 42.0. The molecule has 4 nitrogen and oxygen atoms in total. The Kier molecular flexibility index (Phi) is 11.0. The smallest absolute Gasteiger partial charge is 0.187 e. The minimum atomic E-state index is -0.805. The van der Waals surface area contributed by atoms with Crippen LogP contribution in [0, 0.1) is 17.9 Å². The number of nitrogens with zero attached hydrogens (tertiary/aromatic N) is 4. The van der Waals surface area contributed by atoms with Crippen molar-refractivity contribution in [2.75, 3.05) is 4.90 Å². The maximum absolute atomic E-state index is 10.5. The fourth-order valence-electron chi connectivity index (χ4n) is 11.5. The summed E-state index contributed by atoms with van der Waals surface area (Å²) < 4.78 is 2.37. The lowest BCUT2D eigenvalue weighted by Crippen LogP contribution is -2.36. The molecule has 0 saturated carbocycles. The van der Waals surface area contributed by atoms with Gasteiger partial charge in [-0.15, -0.1) is 0 Å². The molecule has 9 aromatic rings. The Hall–Kier alpha value is -7.66. The summed E-state index contributed by atoms with van der Waals surface area (Å²) >= 11 is 0. The zero-order valence-electron chi connectivity index (χ0n) is 38.5. The van der Waals surface area contributed by atoms with Gasteiger partial charge in [-0.2, -0.15) is 5.26 Å². The maximum atomic E-state index is 10.5. The minimum Gasteiger partial charge on any atom is -0.310 e. The van der Waals surface area contributed by atoms with Crippen molar-refractivity contribution in [2.45, 2.75) is 83.5 Å². The first-order valence-electron chi connectivity index (χ1n) is 24.4. The number of anilines is 3. The van der Waals surface area contributed by atoms with Gasteiger partial charge in [0.1, 0.15) is 0 Å². The Bertz CT molecular complexity index is 3280. The van der Waals surface area contributed by atoms with Gasteiger partial charge in [-0.3, -0.25) is 0 Å². The van der Waals surface area contributed by atoms with E-state index in [0.29, 0.717) is 11.3 Å². The van der Waals surface area contributed by atoms with Crippen molar-refractivity contribution in [1.29, 1.82) is 5.26 Å². The summed E-state index contributed by atoms with van der Waals surface area (Å²) in [6, 6.07) is 64.5. The fourth-order valence-corrected chi connectivity index (χ4v) is 11.5. The molecule has 1 aliphatic carbocycles. The van der Waals surface area contributed by atoms with E-state index < -0.39 is 5.41 Å². The van der Waals surface area contributed by atoms with Gasteiger partial charge >= 0.3 is 0 Å². The molecule has 4 heteroatoms. The molecule has 67 heavy (non-hydrogen) atoms. The van der Waals surface area contributed by atoms with Gasteiger partial charge in [-0.25, -0.2) is 4.85 Å². The Morgan fingerprint density at radius 3 is 1.76 bits per heavy atom. The van der Waals surface area contributed by atoms with Crippen molar-refractivity contribution in [2.24, 2.45) is 0 Å². The van der Waals surface area contributed by atoms with Gasteiger partial charge in [0.15, 0.2) is 5.69 Å². The standard InChI is InChI=1S/C63H54N4/c1-4-6-8-10-18-43-36-44(19-11-9-7-5-2)38-50(37-43)67-61-25-17-14-22-55(61)63(56-39-45(42-64)26-33-51(56)52-34-30-48(65-3)41-57(52)63)58-40-47(29-35-62(58)67)46-27-31-49(32-28-46)66-59-23-15-12-20-53(59)54-21-13-16-24-60(54)66/h12-17,20-41H,4-11,18-19H2,1-2H3. The summed E-state index contributed by atoms with van der Waals surface area (Å²) in [6.07, 6.45) is 11.9. The number of aryl methyl sites for hydroxylation is 2. The van der Waals surface area contributed by atoms with E-state index in [2.05, 4.69) is 192 Å². The fraction of sp³-hybridized carbons (Fsp3) is 0.206. The molecule has 2 heterocycles. The highest BCUT2D eigenvalue weighted by Gasteiger charge is 2.52. The molecule has 1 spiro atoms. The summed E-state index contributed by atoms with van der Waals surface area (Å²) in [7, 11) is 0. The van der Waals surface area contributed by atoms with Crippen LogP contribution in [0.5, 0.6) is 0 Å². The zero-order chi connectivity index (χ0) is 45.5. The van der Waals surface area contributed by atoms with Gasteiger partial charge in [0.2, 0.25) is 0 Å². The van der Waals surface area contributed by atoms with Gasteiger partial charge in [0.25, 0.3) is 0 Å². The molecule has 0 amide bonds. The molecule has 1 unspecified atom stereocenters. The molecule has 0 radical (unpaired) electrons. The van der Waals surface area contributed by atoms with Crippen LogP contribution in [0.25, 0.3) is 54.6 Å². The minimum absolute atomic E-state index is 0.605. The van der Waals surface area contributed by atoms with E-state index in [1.807, 2.05) is 12.1 Å². The van der Waals surface area contributed by atoms with E-state index in [1.54, 1.807) is 0 Å². The highest BCUT2D eigenvalue weighted by molar-refractivity contribution is 6.09. The van der Waals surface area contributed by atoms with E-state index in [1.165, 1.54) is 90.0 Å². The number of fused-ring (bicyclic) bond motifs is 12. The van der Waals surface area contributed by atoms with E-state index in [-0.39, 0.29) is 0 Å². The maximum Gasteiger partial charge on any atom is 0.187 e. The second-order valence-electron chi connectivity index (χ2n) is 18.6. The van der Waals surface area contributed by atoms with Crippen molar-refractivity contribution in [3.8, 4) is 34.0 Å². The molecular formula is C63H54N4. The quantitative estimate of drug-likeness (QED) is 0.0855. The van der Waals surface area contributed by atoms with Crippen LogP contribution >= 0.6 is 0 Å². The third-order valence-corrected chi connectivity index (χ3v) is 14.5. The van der Waals surface area contributed by atoms with Gasteiger partial charge in [-0.05, 0) is 148 Å². The second kappa shape index (κ2) is 17.6. The predicted octanol–water partition coefficient (Wildman–Crippen LogP) is 17.3. The summed E-state index contributed by atoms with van der Waals surface area (Å²) in [5.74, 6) is 0. The van der Waals surface area contributed by atoms with E-state index in [9.17, 15) is 5.26 Å². The van der Waals surface area contributed by atoms with Crippen molar-refractivity contribution in [1.82, 2.24) is 4.57 Å². The molecule has 1 aliphatic heterocycles. The molecule has 0 N–H and O–H groups in total. The van der Waals surface area contributed by atoms with Crippen LogP contribution in [0.4, 0.5) is 22.7 Å². The largest absolute Gasteiger partial charge is 0.310 e. The lowest BCUT2D eigenvalue weighted by molar-refractivity contribution is 0.661. The topological polar surface area (TPSA) is 36.3 Å². The number of nitriles is 1. The summed E-state index contributed by atoms with van der Waals surface area (Å²) in [6.45, 7) is 12.8. The molecule has 1 aromatic heterocycles. The second-order valence-corrected chi connectivity index (χ2v) is 18.6. The Balaban J connectivity index is 1.14. The van der Waals surface area contributed by atoms with E-state index >= 15 is 0 Å². The monoisotopic (exact) mass is 866 g/mol. The van der Waals surface area contributed by atoms with Crippen molar-refractivity contribution < 1.29 is 0 Å². The summed E-state index contributed by atoms with van der Waals surface area (Å²) in [5, 5.41) is 13.0. The van der Waals surface area contributed by atoms with Gasteiger partial charge in [0.05, 0.1) is 46.0 Å². The van der Waals surface area contributed by atoms with E-state index in [0.717, 1.165) is 74.4 Å². The number of rotatable bonds is 13. The highest BCUT2D eigenvalue weighted by atomic mass is 15.2. The lowest BCUT2D eigenvalue weighted by Gasteiger charge is -2.45. The molecular weight excluding hydrogens is 813 g/mol. The molecule has 1 atom stereocenters.